The number of carbonyl (C=O) groups is 2. The number of methoxy groups -OCH3 is 1. The topological polar surface area (TPSA) is 89.5 Å². The van der Waals surface area contributed by atoms with Gasteiger partial charge in [0.25, 0.3) is 5.91 Å². The van der Waals surface area contributed by atoms with Crippen molar-refractivity contribution >= 4 is 44.2 Å². The van der Waals surface area contributed by atoms with Gasteiger partial charge >= 0.3 is 5.97 Å². The molecule has 1 heterocycles. The van der Waals surface area contributed by atoms with E-state index in [1.165, 1.54) is 36.6 Å². The number of nitrogens with zero attached hydrogens (tertiary/aromatic N) is 1. The second-order valence-corrected chi connectivity index (χ2v) is 8.77. The van der Waals surface area contributed by atoms with Crippen molar-refractivity contribution in [3.8, 4) is 11.1 Å². The first kappa shape index (κ1) is 25.2. The second-order valence-electron chi connectivity index (χ2n) is 7.74. The molecule has 0 saturated heterocycles. The number of amides is 1. The van der Waals surface area contributed by atoms with Crippen LogP contribution in [0.4, 0.5) is 19.6 Å². The summed E-state index contributed by atoms with van der Waals surface area (Å²) >= 11 is 1.23. The van der Waals surface area contributed by atoms with Crippen LogP contribution in [0, 0.1) is 11.6 Å². The Hall–Kier alpha value is -3.89. The average molecular weight is 512 g/mol. The highest BCUT2D eigenvalue weighted by molar-refractivity contribution is 7.22. The summed E-state index contributed by atoms with van der Waals surface area (Å²) in [4.78, 5) is 28.8. The fourth-order valence-electron chi connectivity index (χ4n) is 3.47. The van der Waals surface area contributed by atoms with Crippen molar-refractivity contribution < 1.29 is 27.8 Å². The van der Waals surface area contributed by atoms with E-state index in [0.29, 0.717) is 38.6 Å². The maximum atomic E-state index is 14.8. The van der Waals surface area contributed by atoms with E-state index < -0.39 is 23.7 Å². The predicted molar refractivity (Wildman–Crippen MR) is 134 cm³/mol. The minimum absolute atomic E-state index is 0.000559. The molecule has 4 aromatic rings. The number of hydrogen-bond donors (Lipinski definition) is 2. The number of esters is 1. The summed E-state index contributed by atoms with van der Waals surface area (Å²) in [5.74, 6) is -1.91. The molecule has 4 rings (SSSR count). The van der Waals surface area contributed by atoms with E-state index in [1.807, 2.05) is 0 Å². The molecule has 36 heavy (non-hydrogen) atoms. The number of fused-ring (bicyclic) bond motifs is 1. The van der Waals surface area contributed by atoms with Gasteiger partial charge in [-0.25, -0.2) is 18.6 Å². The first-order valence-electron chi connectivity index (χ1n) is 11.1. The molecular formula is C26H23F2N3O4S. The quantitative estimate of drug-likeness (QED) is 0.297. The standard InChI is InChI=1S/C26H23F2N3O4S/c1-3-35-14-22(25(33)34-2)29-24(32)16-6-4-15(5-7-16)17-8-10-20(19(28)12-17)30-26-31-21-11-9-18(27)13-23(21)36-26/h4-13,22H,3,14H2,1-2H3,(H,29,32)(H,30,31)/t22-/m0/s1. The maximum absolute atomic E-state index is 14.8. The number of thiazole rings is 1. The third kappa shape index (κ3) is 5.84. The normalized spacial score (nSPS) is 11.8. The molecular weight excluding hydrogens is 488 g/mol. The monoisotopic (exact) mass is 511 g/mol. The molecule has 1 atom stereocenters. The lowest BCUT2D eigenvalue weighted by molar-refractivity contribution is -0.144. The van der Waals surface area contributed by atoms with Crippen molar-refractivity contribution in [3.63, 3.8) is 0 Å². The van der Waals surface area contributed by atoms with Crippen LogP contribution in [0.3, 0.4) is 0 Å². The molecule has 0 aliphatic rings. The summed E-state index contributed by atoms with van der Waals surface area (Å²) in [5, 5.41) is 5.99. The number of benzene rings is 3. The van der Waals surface area contributed by atoms with Crippen LogP contribution < -0.4 is 10.6 Å². The highest BCUT2D eigenvalue weighted by Crippen LogP contribution is 2.31. The van der Waals surface area contributed by atoms with Gasteiger partial charge < -0.3 is 20.1 Å². The number of carbonyl (C=O) groups excluding carboxylic acids is 2. The van der Waals surface area contributed by atoms with Crippen molar-refractivity contribution in [2.45, 2.75) is 13.0 Å². The fraction of sp³-hybridized carbons (Fsp3) is 0.192. The zero-order valence-corrected chi connectivity index (χ0v) is 20.3. The Bertz CT molecular complexity index is 1390. The molecule has 1 aromatic heterocycles. The van der Waals surface area contributed by atoms with Crippen LogP contribution in [0.25, 0.3) is 21.3 Å². The molecule has 10 heteroatoms. The number of nitrogens with one attached hydrogen (secondary N) is 2. The van der Waals surface area contributed by atoms with Gasteiger partial charge in [-0.15, -0.1) is 0 Å². The number of aromatic nitrogens is 1. The molecule has 0 radical (unpaired) electrons. The Kier molecular flexibility index (Phi) is 7.87. The Morgan fingerprint density at radius 2 is 1.78 bits per heavy atom. The van der Waals surface area contributed by atoms with Crippen LogP contribution in [0.5, 0.6) is 0 Å². The SMILES string of the molecule is CCOC[C@H](NC(=O)c1ccc(-c2ccc(Nc3nc4ccc(F)cc4s3)c(F)c2)cc1)C(=O)OC. The van der Waals surface area contributed by atoms with Gasteiger partial charge in [0.15, 0.2) is 11.2 Å². The van der Waals surface area contributed by atoms with Crippen LogP contribution in [0.2, 0.25) is 0 Å². The van der Waals surface area contributed by atoms with E-state index in [0.717, 1.165) is 0 Å². The molecule has 3 aromatic carbocycles. The summed E-state index contributed by atoms with van der Waals surface area (Å²) in [5.41, 5.74) is 2.50. The van der Waals surface area contributed by atoms with Gasteiger partial charge in [0, 0.05) is 12.2 Å². The summed E-state index contributed by atoms with van der Waals surface area (Å²) in [6, 6.07) is 14.6. The van der Waals surface area contributed by atoms with Crippen LogP contribution in [0.15, 0.2) is 60.7 Å². The predicted octanol–water partition coefficient (Wildman–Crippen LogP) is 5.29. The third-order valence-corrected chi connectivity index (χ3v) is 6.25. The zero-order valence-electron chi connectivity index (χ0n) is 19.5. The molecule has 1 amide bonds. The molecule has 0 spiro atoms. The number of anilines is 2. The smallest absolute Gasteiger partial charge is 0.330 e. The Labute approximate surface area is 210 Å². The molecule has 0 saturated carbocycles. The number of ether oxygens (including phenoxy) is 2. The minimum atomic E-state index is -0.925. The van der Waals surface area contributed by atoms with Gasteiger partial charge in [-0.05, 0) is 60.5 Å². The van der Waals surface area contributed by atoms with Crippen molar-refractivity contribution in [2.75, 3.05) is 25.6 Å². The Morgan fingerprint density at radius 1 is 1.03 bits per heavy atom. The molecule has 0 aliphatic carbocycles. The number of halogens is 2. The van der Waals surface area contributed by atoms with Gasteiger partial charge in [0.2, 0.25) is 0 Å². The lowest BCUT2D eigenvalue weighted by Gasteiger charge is -2.16. The van der Waals surface area contributed by atoms with E-state index in [4.69, 9.17) is 9.47 Å². The van der Waals surface area contributed by atoms with E-state index in [-0.39, 0.29) is 18.1 Å². The van der Waals surface area contributed by atoms with Crippen LogP contribution >= 0.6 is 11.3 Å². The first-order valence-corrected chi connectivity index (χ1v) is 11.9. The second kappa shape index (κ2) is 11.2. The largest absolute Gasteiger partial charge is 0.467 e. The zero-order chi connectivity index (χ0) is 25.7. The molecule has 7 nitrogen and oxygen atoms in total. The van der Waals surface area contributed by atoms with Crippen molar-refractivity contribution in [1.82, 2.24) is 10.3 Å². The first-order chi connectivity index (χ1) is 17.4. The number of rotatable bonds is 9. The van der Waals surface area contributed by atoms with E-state index in [1.54, 1.807) is 49.4 Å². The highest BCUT2D eigenvalue weighted by Gasteiger charge is 2.22. The summed E-state index contributed by atoms with van der Waals surface area (Å²) in [7, 11) is 1.24. The maximum Gasteiger partial charge on any atom is 0.330 e. The van der Waals surface area contributed by atoms with Crippen molar-refractivity contribution in [2.24, 2.45) is 0 Å². The molecule has 186 valence electrons. The summed E-state index contributed by atoms with van der Waals surface area (Å²) < 4.78 is 38.9. The molecule has 0 fully saturated rings. The van der Waals surface area contributed by atoms with Crippen molar-refractivity contribution in [1.29, 1.82) is 0 Å². The van der Waals surface area contributed by atoms with E-state index in [9.17, 15) is 18.4 Å². The lowest BCUT2D eigenvalue weighted by Crippen LogP contribution is -2.44. The summed E-state index contributed by atoms with van der Waals surface area (Å²) in [6.45, 7) is 2.17. The summed E-state index contributed by atoms with van der Waals surface area (Å²) in [6.07, 6.45) is 0. The highest BCUT2D eigenvalue weighted by atomic mass is 32.1. The third-order valence-electron chi connectivity index (χ3n) is 5.32. The van der Waals surface area contributed by atoms with Gasteiger partial charge in [-0.3, -0.25) is 4.79 Å². The lowest BCUT2D eigenvalue weighted by atomic mass is 10.0. The fourth-order valence-corrected chi connectivity index (χ4v) is 4.37. The van der Waals surface area contributed by atoms with E-state index >= 15 is 0 Å². The van der Waals surface area contributed by atoms with Gasteiger partial charge in [-0.2, -0.15) is 0 Å². The molecule has 0 bridgehead atoms. The molecule has 0 aliphatic heterocycles. The van der Waals surface area contributed by atoms with Crippen molar-refractivity contribution in [3.05, 3.63) is 77.9 Å². The van der Waals surface area contributed by atoms with Crippen LogP contribution in [0.1, 0.15) is 17.3 Å². The van der Waals surface area contributed by atoms with E-state index in [2.05, 4.69) is 15.6 Å². The Balaban J connectivity index is 1.45. The van der Waals surface area contributed by atoms with Gasteiger partial charge in [-0.1, -0.05) is 29.5 Å². The minimum Gasteiger partial charge on any atom is -0.467 e. The van der Waals surface area contributed by atoms with Gasteiger partial charge in [0.1, 0.15) is 11.6 Å². The molecule has 0 unspecified atom stereocenters. The number of hydrogen-bond acceptors (Lipinski definition) is 7. The molecule has 2 N–H and O–H groups in total. The average Bonchev–Trinajstić information content (AvgIpc) is 3.28. The van der Waals surface area contributed by atoms with Crippen LogP contribution in [-0.4, -0.2) is 43.2 Å². The Morgan fingerprint density at radius 3 is 2.47 bits per heavy atom. The van der Waals surface area contributed by atoms with Crippen LogP contribution in [-0.2, 0) is 14.3 Å². The van der Waals surface area contributed by atoms with Gasteiger partial charge in [0.05, 0.1) is 29.6 Å².